The monoisotopic (exact) mass is 387 g/mol. The molecule has 1 unspecified atom stereocenters. The number of hydrogen-bond acceptors (Lipinski definition) is 4. The number of aliphatic carboxylic acids is 1. The number of rotatable bonds is 4. The number of aliphatic hydroxyl groups is 1. The number of aliphatic hydroxyl groups excluding tert-OH is 1. The third-order valence-corrected chi connectivity index (χ3v) is 4.59. The molecule has 3 N–H and O–H groups in total. The van der Waals surface area contributed by atoms with Crippen LogP contribution in [0, 0.1) is 0 Å². The lowest BCUT2D eigenvalue weighted by atomic mass is 9.98. The highest BCUT2D eigenvalue weighted by molar-refractivity contribution is 6.01. The van der Waals surface area contributed by atoms with Crippen molar-refractivity contribution in [1.29, 1.82) is 0 Å². The van der Waals surface area contributed by atoms with E-state index in [9.17, 15) is 19.8 Å². The molecular formula is C23H17NO5. The van der Waals surface area contributed by atoms with Crippen LogP contribution < -0.4 is 10.1 Å². The van der Waals surface area contributed by atoms with Crippen LogP contribution in [0.5, 0.6) is 5.75 Å². The Morgan fingerprint density at radius 3 is 2.45 bits per heavy atom. The third-order valence-electron chi connectivity index (χ3n) is 4.59. The molecule has 144 valence electrons. The zero-order chi connectivity index (χ0) is 20.4. The Balaban J connectivity index is 1.73. The van der Waals surface area contributed by atoms with Crippen LogP contribution in [0.2, 0.25) is 0 Å². The van der Waals surface area contributed by atoms with Crippen molar-refractivity contribution in [3.63, 3.8) is 0 Å². The maximum atomic E-state index is 12.3. The maximum Gasteiger partial charge on any atom is 0.352 e. The van der Waals surface area contributed by atoms with Crippen LogP contribution in [-0.4, -0.2) is 28.4 Å². The Labute approximate surface area is 166 Å². The summed E-state index contributed by atoms with van der Waals surface area (Å²) in [5.74, 6) is -1.39. The summed E-state index contributed by atoms with van der Waals surface area (Å²) in [5, 5.41) is 24.1. The van der Waals surface area contributed by atoms with E-state index in [2.05, 4.69) is 5.32 Å². The van der Waals surface area contributed by atoms with E-state index in [0.29, 0.717) is 11.3 Å². The van der Waals surface area contributed by atoms with Crippen molar-refractivity contribution in [1.82, 2.24) is 5.32 Å². The first-order valence-electron chi connectivity index (χ1n) is 8.92. The van der Waals surface area contributed by atoms with Crippen molar-refractivity contribution in [2.75, 3.05) is 0 Å². The SMILES string of the molecule is O=C(O)/C(=C\C1=Cc2c(ccc3ccccc23)OC1O)NC(=O)c1ccccc1. The standard InChI is InChI=1S/C23H17NO5/c25-21(15-7-2-1-3-8-15)24-19(22(26)27)13-16-12-18-17-9-5-4-6-14(17)10-11-20(18)29-23(16)28/h1-13,23,28H,(H,24,25)(H,26,27)/b19-13+. The van der Waals surface area contributed by atoms with E-state index in [1.807, 2.05) is 30.3 Å². The summed E-state index contributed by atoms with van der Waals surface area (Å²) < 4.78 is 5.56. The second-order valence-corrected chi connectivity index (χ2v) is 6.50. The van der Waals surface area contributed by atoms with Crippen molar-refractivity contribution in [2.45, 2.75) is 6.29 Å². The molecule has 1 amide bonds. The van der Waals surface area contributed by atoms with Gasteiger partial charge in [0, 0.05) is 16.7 Å². The van der Waals surface area contributed by atoms with Gasteiger partial charge >= 0.3 is 5.97 Å². The molecule has 0 aromatic heterocycles. The van der Waals surface area contributed by atoms with Crippen molar-refractivity contribution in [2.24, 2.45) is 0 Å². The molecule has 29 heavy (non-hydrogen) atoms. The zero-order valence-corrected chi connectivity index (χ0v) is 15.2. The number of benzene rings is 3. The quantitative estimate of drug-likeness (QED) is 0.597. The van der Waals surface area contributed by atoms with Crippen molar-refractivity contribution in [3.8, 4) is 5.75 Å². The summed E-state index contributed by atoms with van der Waals surface area (Å²) in [6.45, 7) is 0. The second kappa shape index (κ2) is 7.61. The number of fused-ring (bicyclic) bond motifs is 3. The number of hydrogen-bond donors (Lipinski definition) is 3. The number of nitrogens with one attached hydrogen (secondary N) is 1. The highest BCUT2D eigenvalue weighted by Gasteiger charge is 2.23. The Morgan fingerprint density at radius 2 is 1.69 bits per heavy atom. The zero-order valence-electron chi connectivity index (χ0n) is 15.2. The molecular weight excluding hydrogens is 370 g/mol. The summed E-state index contributed by atoms with van der Waals surface area (Å²) in [6, 6.07) is 19.6. The van der Waals surface area contributed by atoms with E-state index >= 15 is 0 Å². The summed E-state index contributed by atoms with van der Waals surface area (Å²) >= 11 is 0. The van der Waals surface area contributed by atoms with Gasteiger partial charge in [0.05, 0.1) is 0 Å². The number of carboxylic acid groups (broad SMARTS) is 1. The molecule has 0 aliphatic carbocycles. The number of carboxylic acids is 1. The van der Waals surface area contributed by atoms with Gasteiger partial charge in [0.1, 0.15) is 11.4 Å². The van der Waals surface area contributed by atoms with Crippen molar-refractivity contribution < 1.29 is 24.5 Å². The maximum absolute atomic E-state index is 12.3. The molecule has 0 radical (unpaired) electrons. The van der Waals surface area contributed by atoms with Gasteiger partial charge in [0.25, 0.3) is 5.91 Å². The molecule has 0 saturated heterocycles. The summed E-state index contributed by atoms with van der Waals surface area (Å²) in [4.78, 5) is 24.0. The molecule has 1 aliphatic heterocycles. The summed E-state index contributed by atoms with van der Waals surface area (Å²) in [6.07, 6.45) is 1.52. The Kier molecular flexibility index (Phi) is 4.85. The van der Waals surface area contributed by atoms with Gasteiger partial charge in [0.15, 0.2) is 0 Å². The van der Waals surface area contributed by atoms with Crippen LogP contribution >= 0.6 is 0 Å². The topological polar surface area (TPSA) is 95.9 Å². The van der Waals surface area contributed by atoms with Gasteiger partial charge in [-0.15, -0.1) is 0 Å². The first-order chi connectivity index (χ1) is 14.0. The largest absolute Gasteiger partial charge is 0.477 e. The predicted molar refractivity (Wildman–Crippen MR) is 108 cm³/mol. The van der Waals surface area contributed by atoms with Gasteiger partial charge in [-0.05, 0) is 41.1 Å². The Morgan fingerprint density at radius 1 is 0.966 bits per heavy atom. The van der Waals surface area contributed by atoms with Gasteiger partial charge in [0.2, 0.25) is 6.29 Å². The summed E-state index contributed by atoms with van der Waals surface area (Å²) in [5.41, 5.74) is 0.917. The second-order valence-electron chi connectivity index (χ2n) is 6.50. The highest BCUT2D eigenvalue weighted by atomic mass is 16.6. The lowest BCUT2D eigenvalue weighted by molar-refractivity contribution is -0.133. The van der Waals surface area contributed by atoms with E-state index in [-0.39, 0.29) is 11.3 Å². The molecule has 1 heterocycles. The van der Waals surface area contributed by atoms with Crippen LogP contribution in [0.4, 0.5) is 0 Å². The van der Waals surface area contributed by atoms with Crippen LogP contribution in [0.3, 0.4) is 0 Å². The van der Waals surface area contributed by atoms with Crippen LogP contribution in [-0.2, 0) is 4.79 Å². The number of amides is 1. The van der Waals surface area contributed by atoms with E-state index < -0.39 is 18.2 Å². The molecule has 4 rings (SSSR count). The van der Waals surface area contributed by atoms with Gasteiger partial charge < -0.3 is 20.3 Å². The van der Waals surface area contributed by atoms with E-state index in [0.717, 1.165) is 16.3 Å². The lowest BCUT2D eigenvalue weighted by Gasteiger charge is -2.23. The van der Waals surface area contributed by atoms with E-state index in [4.69, 9.17) is 4.74 Å². The molecule has 1 atom stereocenters. The Hall–Kier alpha value is -3.90. The molecule has 0 fully saturated rings. The van der Waals surface area contributed by atoms with Crippen LogP contribution in [0.25, 0.3) is 16.8 Å². The van der Waals surface area contributed by atoms with Crippen LogP contribution in [0.15, 0.2) is 84.1 Å². The van der Waals surface area contributed by atoms with Crippen molar-refractivity contribution in [3.05, 3.63) is 95.2 Å². The minimum atomic E-state index is -1.35. The fourth-order valence-electron chi connectivity index (χ4n) is 3.17. The average molecular weight is 387 g/mol. The molecule has 3 aromatic carbocycles. The molecule has 6 heteroatoms. The fraction of sp³-hybridized carbons (Fsp3) is 0.0435. The van der Waals surface area contributed by atoms with Gasteiger partial charge in [-0.3, -0.25) is 4.79 Å². The minimum absolute atomic E-state index is 0.222. The highest BCUT2D eigenvalue weighted by Crippen LogP contribution is 2.35. The molecule has 0 spiro atoms. The average Bonchev–Trinajstić information content (AvgIpc) is 2.74. The Bertz CT molecular complexity index is 1160. The molecule has 6 nitrogen and oxygen atoms in total. The first-order valence-corrected chi connectivity index (χ1v) is 8.92. The molecule has 0 bridgehead atoms. The molecule has 3 aromatic rings. The van der Waals surface area contributed by atoms with Gasteiger partial charge in [-0.2, -0.15) is 0 Å². The predicted octanol–water partition coefficient (Wildman–Crippen LogP) is 3.33. The molecule has 0 saturated carbocycles. The molecule has 1 aliphatic rings. The number of ether oxygens (including phenoxy) is 1. The number of carbonyl (C=O) groups is 2. The van der Waals surface area contributed by atoms with Gasteiger partial charge in [-0.25, -0.2) is 4.79 Å². The summed E-state index contributed by atoms with van der Waals surface area (Å²) in [7, 11) is 0. The van der Waals surface area contributed by atoms with E-state index in [1.165, 1.54) is 6.08 Å². The smallest absolute Gasteiger partial charge is 0.352 e. The van der Waals surface area contributed by atoms with Crippen molar-refractivity contribution >= 4 is 28.7 Å². The third kappa shape index (κ3) is 3.74. The van der Waals surface area contributed by atoms with Gasteiger partial charge in [-0.1, -0.05) is 48.5 Å². The minimum Gasteiger partial charge on any atom is -0.477 e. The van der Waals surface area contributed by atoms with E-state index in [1.54, 1.807) is 42.5 Å². The first kappa shape index (κ1) is 18.5. The normalized spacial score (nSPS) is 15.8. The van der Waals surface area contributed by atoms with Crippen LogP contribution in [0.1, 0.15) is 15.9 Å². The fourth-order valence-corrected chi connectivity index (χ4v) is 3.17. The lowest BCUT2D eigenvalue weighted by Crippen LogP contribution is -2.29. The number of carbonyl (C=O) groups excluding carboxylic acids is 1.